The summed E-state index contributed by atoms with van der Waals surface area (Å²) in [4.78, 5) is 2.30. The Labute approximate surface area is 105 Å². The van der Waals surface area contributed by atoms with Crippen molar-refractivity contribution in [1.82, 2.24) is 10.2 Å². The van der Waals surface area contributed by atoms with E-state index in [-0.39, 0.29) is 5.41 Å². The van der Waals surface area contributed by atoms with Gasteiger partial charge in [0, 0.05) is 32.6 Å². The molecule has 1 atom stereocenters. The Morgan fingerprint density at radius 2 is 2.29 bits per heavy atom. The lowest BCUT2D eigenvalue weighted by Crippen LogP contribution is -2.46. The highest BCUT2D eigenvalue weighted by molar-refractivity contribution is 4.80. The molecule has 1 heterocycles. The summed E-state index contributed by atoms with van der Waals surface area (Å²) < 4.78 is 5.69. The zero-order valence-electron chi connectivity index (χ0n) is 11.3. The van der Waals surface area contributed by atoms with Gasteiger partial charge in [-0.15, -0.1) is 0 Å². The fraction of sp³-hybridized carbons (Fsp3) is 0.923. The van der Waals surface area contributed by atoms with E-state index in [1.165, 1.54) is 0 Å². The molecule has 1 aliphatic rings. The number of nitrogens with one attached hydrogen (secondary N) is 1. The maximum absolute atomic E-state index is 8.59. The van der Waals surface area contributed by atoms with Crippen LogP contribution in [-0.2, 0) is 4.74 Å². The van der Waals surface area contributed by atoms with E-state index in [0.29, 0.717) is 12.5 Å². The Balaban J connectivity index is 2.16. The summed E-state index contributed by atoms with van der Waals surface area (Å²) in [6, 6.07) is 2.21. The van der Waals surface area contributed by atoms with Crippen molar-refractivity contribution in [3.63, 3.8) is 0 Å². The van der Waals surface area contributed by atoms with Gasteiger partial charge in [0.15, 0.2) is 0 Å². The van der Waals surface area contributed by atoms with Gasteiger partial charge in [0.25, 0.3) is 0 Å². The molecular weight excluding hydrogens is 214 g/mol. The fourth-order valence-corrected chi connectivity index (χ4v) is 2.04. The lowest BCUT2D eigenvalue weighted by Gasteiger charge is -2.31. The molecule has 0 aromatic rings. The first-order chi connectivity index (χ1) is 8.03. The molecule has 1 unspecified atom stereocenters. The van der Waals surface area contributed by atoms with Gasteiger partial charge in [0.05, 0.1) is 18.8 Å². The molecule has 17 heavy (non-hydrogen) atoms. The van der Waals surface area contributed by atoms with Gasteiger partial charge in [-0.3, -0.25) is 0 Å². The molecule has 98 valence electrons. The lowest BCUT2D eigenvalue weighted by atomic mass is 9.88. The summed E-state index contributed by atoms with van der Waals surface area (Å²) in [5.74, 6) is 0. The first kappa shape index (κ1) is 14.4. The van der Waals surface area contributed by atoms with Crippen molar-refractivity contribution >= 4 is 0 Å². The molecule has 0 bridgehead atoms. The monoisotopic (exact) mass is 239 g/mol. The standard InChI is InChI=1S/C13H25N3O/c1-13(2,5-4-6-14)11-15-9-12-10-16(3)7-8-17-12/h12,15H,4-5,7-11H2,1-3H3. The molecule has 0 aromatic heterocycles. The Kier molecular flexibility index (Phi) is 5.90. The van der Waals surface area contributed by atoms with E-state index in [1.54, 1.807) is 0 Å². The van der Waals surface area contributed by atoms with Gasteiger partial charge in [-0.1, -0.05) is 13.8 Å². The molecule has 0 aromatic carbocycles. The van der Waals surface area contributed by atoms with Crippen LogP contribution in [0.2, 0.25) is 0 Å². The lowest BCUT2D eigenvalue weighted by molar-refractivity contribution is -0.0189. The number of rotatable bonds is 6. The molecule has 4 nitrogen and oxygen atoms in total. The first-order valence-corrected chi connectivity index (χ1v) is 6.41. The van der Waals surface area contributed by atoms with Crippen LogP contribution in [-0.4, -0.2) is 50.8 Å². The molecule has 0 spiro atoms. The van der Waals surface area contributed by atoms with Gasteiger partial charge in [-0.25, -0.2) is 0 Å². The molecule has 1 rings (SSSR count). The minimum Gasteiger partial charge on any atom is -0.374 e. The molecule has 4 heteroatoms. The summed E-state index contributed by atoms with van der Waals surface area (Å²) in [6.45, 7) is 9.12. The van der Waals surface area contributed by atoms with Crippen molar-refractivity contribution < 1.29 is 4.74 Å². The van der Waals surface area contributed by atoms with Crippen LogP contribution in [0, 0.1) is 16.7 Å². The van der Waals surface area contributed by atoms with Gasteiger partial charge in [0.1, 0.15) is 0 Å². The molecule has 1 aliphatic heterocycles. The van der Waals surface area contributed by atoms with Crippen molar-refractivity contribution in [2.45, 2.75) is 32.8 Å². The minimum absolute atomic E-state index is 0.191. The highest BCUT2D eigenvalue weighted by Gasteiger charge is 2.20. The van der Waals surface area contributed by atoms with E-state index >= 15 is 0 Å². The van der Waals surface area contributed by atoms with E-state index in [1.807, 2.05) is 0 Å². The van der Waals surface area contributed by atoms with E-state index in [4.69, 9.17) is 10.00 Å². The van der Waals surface area contributed by atoms with Gasteiger partial charge < -0.3 is 15.0 Å². The first-order valence-electron chi connectivity index (χ1n) is 6.41. The number of ether oxygens (including phenoxy) is 1. The summed E-state index contributed by atoms with van der Waals surface area (Å²) in [6.07, 6.45) is 1.89. The maximum Gasteiger partial charge on any atom is 0.0826 e. The summed E-state index contributed by atoms with van der Waals surface area (Å²) in [7, 11) is 2.13. The van der Waals surface area contributed by atoms with Gasteiger partial charge in [-0.2, -0.15) is 5.26 Å². The predicted molar refractivity (Wildman–Crippen MR) is 68.7 cm³/mol. The minimum atomic E-state index is 0.191. The Morgan fingerprint density at radius 3 is 2.94 bits per heavy atom. The summed E-state index contributed by atoms with van der Waals surface area (Å²) >= 11 is 0. The number of nitriles is 1. The second-order valence-electron chi connectivity index (χ2n) is 5.71. The molecule has 1 saturated heterocycles. The largest absolute Gasteiger partial charge is 0.374 e. The molecule has 0 radical (unpaired) electrons. The average Bonchev–Trinajstić information content (AvgIpc) is 2.26. The van der Waals surface area contributed by atoms with Gasteiger partial charge >= 0.3 is 0 Å². The third-order valence-corrected chi connectivity index (χ3v) is 3.23. The van der Waals surface area contributed by atoms with Crippen molar-refractivity contribution in [3.8, 4) is 6.07 Å². The second kappa shape index (κ2) is 6.95. The quantitative estimate of drug-likeness (QED) is 0.757. The highest BCUT2D eigenvalue weighted by Crippen LogP contribution is 2.20. The van der Waals surface area contributed by atoms with E-state index in [9.17, 15) is 0 Å². The number of nitrogens with zero attached hydrogens (tertiary/aromatic N) is 2. The van der Waals surface area contributed by atoms with Crippen LogP contribution < -0.4 is 5.32 Å². The van der Waals surface area contributed by atoms with Crippen LogP contribution in [0.5, 0.6) is 0 Å². The third kappa shape index (κ3) is 6.02. The number of hydrogen-bond acceptors (Lipinski definition) is 4. The fourth-order valence-electron chi connectivity index (χ4n) is 2.04. The van der Waals surface area contributed by atoms with Crippen molar-refractivity contribution in [1.29, 1.82) is 5.26 Å². The SMILES string of the molecule is CN1CCOC(CNCC(C)(C)CCC#N)C1. The van der Waals surface area contributed by atoms with Crippen molar-refractivity contribution in [3.05, 3.63) is 0 Å². The van der Waals surface area contributed by atoms with Gasteiger partial charge in [-0.05, 0) is 18.9 Å². The Bertz CT molecular complexity index is 260. The highest BCUT2D eigenvalue weighted by atomic mass is 16.5. The van der Waals surface area contributed by atoms with Gasteiger partial charge in [0.2, 0.25) is 0 Å². The van der Waals surface area contributed by atoms with E-state index < -0.39 is 0 Å². The zero-order chi connectivity index (χ0) is 12.7. The average molecular weight is 239 g/mol. The maximum atomic E-state index is 8.59. The summed E-state index contributed by atoms with van der Waals surface area (Å²) in [5, 5.41) is 12.1. The Morgan fingerprint density at radius 1 is 1.53 bits per heavy atom. The predicted octanol–water partition coefficient (Wildman–Crippen LogP) is 1.24. The zero-order valence-corrected chi connectivity index (χ0v) is 11.3. The van der Waals surface area contributed by atoms with Crippen molar-refractivity contribution in [2.24, 2.45) is 5.41 Å². The molecule has 1 N–H and O–H groups in total. The van der Waals surface area contributed by atoms with Crippen molar-refractivity contribution in [2.75, 3.05) is 39.8 Å². The summed E-state index contributed by atoms with van der Waals surface area (Å²) in [5.41, 5.74) is 0.191. The second-order valence-corrected chi connectivity index (χ2v) is 5.71. The van der Waals surface area contributed by atoms with Crippen LogP contribution >= 0.6 is 0 Å². The number of morpholine rings is 1. The number of hydrogen-bond donors (Lipinski definition) is 1. The van der Waals surface area contributed by atoms with E-state index in [2.05, 4.69) is 37.2 Å². The van der Waals surface area contributed by atoms with Crippen LogP contribution in [0.25, 0.3) is 0 Å². The molecule has 1 fully saturated rings. The van der Waals surface area contributed by atoms with E-state index in [0.717, 1.165) is 39.2 Å². The smallest absolute Gasteiger partial charge is 0.0826 e. The van der Waals surface area contributed by atoms with Crippen LogP contribution in [0.15, 0.2) is 0 Å². The number of likely N-dealkylation sites (N-methyl/N-ethyl adjacent to an activating group) is 1. The van der Waals surface area contributed by atoms with Crippen LogP contribution in [0.3, 0.4) is 0 Å². The topological polar surface area (TPSA) is 48.3 Å². The molecule has 0 amide bonds. The van der Waals surface area contributed by atoms with Crippen LogP contribution in [0.4, 0.5) is 0 Å². The molecule has 0 aliphatic carbocycles. The van der Waals surface area contributed by atoms with Crippen LogP contribution in [0.1, 0.15) is 26.7 Å². The molecular formula is C13H25N3O. The Hall–Kier alpha value is -0.630. The normalized spacial score (nSPS) is 22.4. The molecule has 0 saturated carbocycles. The third-order valence-electron chi connectivity index (χ3n) is 3.23.